The van der Waals surface area contributed by atoms with Crippen LogP contribution in [-0.2, 0) is 9.59 Å². The summed E-state index contributed by atoms with van der Waals surface area (Å²) in [5, 5.41) is 17.4. The minimum atomic E-state index is -0.797. The molecule has 7 nitrogen and oxygen atoms in total. The van der Waals surface area contributed by atoms with E-state index in [1.807, 2.05) is 18.4 Å². The Labute approximate surface area is 127 Å². The number of likely N-dealkylation sites (tertiary alicyclic amines) is 1. The number of carbonyl (C=O) groups is 2. The van der Waals surface area contributed by atoms with Crippen LogP contribution < -0.4 is 0 Å². The molecule has 0 aliphatic carbocycles. The third-order valence-electron chi connectivity index (χ3n) is 3.52. The first-order valence-corrected chi connectivity index (χ1v) is 7.97. The molecular formula is C13H20N4O3S. The van der Waals surface area contributed by atoms with Crippen LogP contribution in [0.3, 0.4) is 0 Å². The van der Waals surface area contributed by atoms with E-state index in [9.17, 15) is 9.59 Å². The third kappa shape index (κ3) is 4.20. The first kappa shape index (κ1) is 15.8. The van der Waals surface area contributed by atoms with Gasteiger partial charge in [0.25, 0.3) is 0 Å². The van der Waals surface area contributed by atoms with Gasteiger partial charge in [0.2, 0.25) is 5.91 Å². The predicted molar refractivity (Wildman–Crippen MR) is 78.1 cm³/mol. The lowest BCUT2D eigenvalue weighted by atomic mass is 10.1. The van der Waals surface area contributed by atoms with E-state index in [1.54, 1.807) is 11.2 Å². The molecule has 1 fully saturated rings. The molecule has 0 saturated carbocycles. The van der Waals surface area contributed by atoms with Crippen molar-refractivity contribution in [3.8, 4) is 0 Å². The number of carbonyl (C=O) groups excluding carboxylic acids is 1. The molecule has 2 rings (SSSR count). The zero-order valence-corrected chi connectivity index (χ0v) is 13.0. The quantitative estimate of drug-likeness (QED) is 0.796. The molecule has 1 aromatic rings. The van der Waals surface area contributed by atoms with E-state index in [4.69, 9.17) is 5.11 Å². The molecule has 1 atom stereocenters. The van der Waals surface area contributed by atoms with Crippen molar-refractivity contribution < 1.29 is 14.7 Å². The fraction of sp³-hybridized carbons (Fsp3) is 0.692. The minimum Gasteiger partial charge on any atom is -0.481 e. The number of amides is 1. The number of nitrogens with zero attached hydrogens (tertiary/aromatic N) is 4. The fourth-order valence-corrected chi connectivity index (χ4v) is 3.33. The molecule has 0 bridgehead atoms. The second-order valence-corrected chi connectivity index (χ2v) is 6.44. The van der Waals surface area contributed by atoms with Crippen LogP contribution in [0.5, 0.6) is 0 Å². The number of rotatable bonds is 6. The Balaban J connectivity index is 1.83. The summed E-state index contributed by atoms with van der Waals surface area (Å²) in [4.78, 5) is 24.6. The van der Waals surface area contributed by atoms with Crippen molar-refractivity contribution >= 4 is 23.6 Å². The molecule has 1 aliphatic rings. The molecule has 1 saturated heterocycles. The highest BCUT2D eigenvalue weighted by molar-refractivity contribution is 7.99. The van der Waals surface area contributed by atoms with Crippen molar-refractivity contribution in [2.45, 2.75) is 37.9 Å². The van der Waals surface area contributed by atoms with Crippen LogP contribution in [0.15, 0.2) is 11.5 Å². The number of hydrogen-bond acceptors (Lipinski definition) is 5. The first-order valence-electron chi connectivity index (χ1n) is 6.99. The average Bonchev–Trinajstić information content (AvgIpc) is 3.03. The van der Waals surface area contributed by atoms with Gasteiger partial charge in [-0.1, -0.05) is 11.8 Å². The van der Waals surface area contributed by atoms with Crippen molar-refractivity contribution in [1.82, 2.24) is 19.7 Å². The lowest BCUT2D eigenvalue weighted by Gasteiger charge is -2.16. The Bertz CT molecular complexity index is 517. The van der Waals surface area contributed by atoms with Gasteiger partial charge in [-0.2, -0.15) is 0 Å². The van der Waals surface area contributed by atoms with Crippen molar-refractivity contribution in [2.24, 2.45) is 5.92 Å². The topological polar surface area (TPSA) is 88.3 Å². The number of aromatic nitrogens is 3. The van der Waals surface area contributed by atoms with Gasteiger partial charge in [-0.15, -0.1) is 10.2 Å². The van der Waals surface area contributed by atoms with Crippen LogP contribution in [0.1, 0.15) is 32.7 Å². The standard InChI is InChI=1S/C13H20N4O3S/c1-9(2)17-8-14-15-13(17)21-7-11(18)16-4-3-10(6-16)5-12(19)20/h8-10H,3-7H2,1-2H3,(H,19,20). The number of carboxylic acid groups (broad SMARTS) is 1. The van der Waals surface area contributed by atoms with Gasteiger partial charge in [0.05, 0.1) is 5.75 Å². The van der Waals surface area contributed by atoms with E-state index < -0.39 is 5.97 Å². The average molecular weight is 312 g/mol. The van der Waals surface area contributed by atoms with Crippen LogP contribution in [0, 0.1) is 5.92 Å². The van der Waals surface area contributed by atoms with Gasteiger partial charge >= 0.3 is 5.97 Å². The smallest absolute Gasteiger partial charge is 0.303 e. The Morgan fingerprint density at radius 2 is 2.29 bits per heavy atom. The molecule has 0 radical (unpaired) electrons. The third-order valence-corrected chi connectivity index (χ3v) is 4.47. The van der Waals surface area contributed by atoms with Gasteiger partial charge in [-0.05, 0) is 26.2 Å². The van der Waals surface area contributed by atoms with Gasteiger partial charge in [0.1, 0.15) is 6.33 Å². The summed E-state index contributed by atoms with van der Waals surface area (Å²) in [7, 11) is 0. The number of hydrogen-bond donors (Lipinski definition) is 1. The van der Waals surface area contributed by atoms with Crippen LogP contribution in [0.2, 0.25) is 0 Å². The maximum Gasteiger partial charge on any atom is 0.303 e. The highest BCUT2D eigenvalue weighted by Crippen LogP contribution is 2.23. The predicted octanol–water partition coefficient (Wildman–Crippen LogP) is 1.27. The Morgan fingerprint density at radius 1 is 1.52 bits per heavy atom. The van der Waals surface area contributed by atoms with Gasteiger partial charge in [-0.3, -0.25) is 9.59 Å². The van der Waals surface area contributed by atoms with Crippen LogP contribution in [-0.4, -0.2) is 55.5 Å². The van der Waals surface area contributed by atoms with E-state index in [0.717, 1.165) is 11.6 Å². The molecule has 1 aliphatic heterocycles. The molecule has 8 heteroatoms. The highest BCUT2D eigenvalue weighted by Gasteiger charge is 2.27. The number of aliphatic carboxylic acids is 1. The molecule has 21 heavy (non-hydrogen) atoms. The van der Waals surface area contributed by atoms with Crippen LogP contribution >= 0.6 is 11.8 Å². The van der Waals surface area contributed by atoms with E-state index in [2.05, 4.69) is 10.2 Å². The molecule has 1 unspecified atom stereocenters. The zero-order valence-electron chi connectivity index (χ0n) is 12.2. The minimum absolute atomic E-state index is 0.0335. The largest absolute Gasteiger partial charge is 0.481 e. The van der Waals surface area contributed by atoms with E-state index in [0.29, 0.717) is 18.8 Å². The van der Waals surface area contributed by atoms with Crippen molar-refractivity contribution in [3.63, 3.8) is 0 Å². The molecule has 0 aromatic carbocycles. The summed E-state index contributed by atoms with van der Waals surface area (Å²) < 4.78 is 1.93. The monoisotopic (exact) mass is 312 g/mol. The summed E-state index contributed by atoms with van der Waals surface area (Å²) in [5.41, 5.74) is 0. The number of carboxylic acids is 1. The zero-order chi connectivity index (χ0) is 15.4. The normalized spacial score (nSPS) is 18.4. The Morgan fingerprint density at radius 3 is 2.95 bits per heavy atom. The van der Waals surface area contributed by atoms with Crippen LogP contribution in [0.25, 0.3) is 0 Å². The highest BCUT2D eigenvalue weighted by atomic mass is 32.2. The SMILES string of the molecule is CC(C)n1cnnc1SCC(=O)N1CCC(CC(=O)O)C1. The van der Waals surface area contributed by atoms with E-state index >= 15 is 0 Å². The first-order chi connectivity index (χ1) is 9.97. The molecule has 116 valence electrons. The Kier molecular flexibility index (Phi) is 5.22. The van der Waals surface area contributed by atoms with E-state index in [1.165, 1.54) is 11.8 Å². The maximum atomic E-state index is 12.2. The maximum absolute atomic E-state index is 12.2. The number of thioether (sulfide) groups is 1. The summed E-state index contributed by atoms with van der Waals surface area (Å²) >= 11 is 1.37. The summed E-state index contributed by atoms with van der Waals surface area (Å²) in [5.74, 6) is -0.374. The molecule has 1 aromatic heterocycles. The lowest BCUT2D eigenvalue weighted by Crippen LogP contribution is -2.30. The van der Waals surface area contributed by atoms with Gasteiger partial charge < -0.3 is 14.6 Å². The lowest BCUT2D eigenvalue weighted by molar-refractivity contribution is -0.138. The summed E-state index contributed by atoms with van der Waals surface area (Å²) in [6.07, 6.45) is 2.57. The molecule has 2 heterocycles. The van der Waals surface area contributed by atoms with Gasteiger partial charge in [-0.25, -0.2) is 0 Å². The van der Waals surface area contributed by atoms with Crippen LogP contribution in [0.4, 0.5) is 0 Å². The van der Waals surface area contributed by atoms with Crippen molar-refractivity contribution in [2.75, 3.05) is 18.8 Å². The molecule has 1 amide bonds. The summed E-state index contributed by atoms with van der Waals surface area (Å²) in [6, 6.07) is 0.254. The van der Waals surface area contributed by atoms with Gasteiger partial charge in [0.15, 0.2) is 5.16 Å². The fourth-order valence-electron chi connectivity index (χ4n) is 2.38. The molecular weight excluding hydrogens is 292 g/mol. The second kappa shape index (κ2) is 6.93. The Hall–Kier alpha value is -1.57. The van der Waals surface area contributed by atoms with Gasteiger partial charge in [0, 0.05) is 25.6 Å². The molecule has 1 N–H and O–H groups in total. The van der Waals surface area contributed by atoms with E-state index in [-0.39, 0.29) is 24.3 Å². The second-order valence-electron chi connectivity index (χ2n) is 5.50. The van der Waals surface area contributed by atoms with Crippen molar-refractivity contribution in [1.29, 1.82) is 0 Å². The summed E-state index contributed by atoms with van der Waals surface area (Å²) in [6.45, 7) is 5.26. The molecule has 0 spiro atoms. The van der Waals surface area contributed by atoms with Crippen molar-refractivity contribution in [3.05, 3.63) is 6.33 Å².